The van der Waals surface area contributed by atoms with E-state index in [1.54, 1.807) is 6.07 Å². The molecule has 0 atom stereocenters. The number of nitrogens with zero attached hydrogens (tertiary/aromatic N) is 1. The maximum absolute atomic E-state index is 11.1. The zero-order chi connectivity index (χ0) is 9.84. The van der Waals surface area contributed by atoms with Gasteiger partial charge < -0.3 is 4.74 Å². The number of nitriles is 1. The summed E-state index contributed by atoms with van der Waals surface area (Å²) < 4.78 is 4.49. The molecule has 0 aliphatic carbocycles. The molecule has 62 valence electrons. The number of methoxy groups -OCH3 is 1. The Morgan fingerprint density at radius 2 is 2.31 bits per heavy atom. The molecular formula is C9H6BNO2. The highest BCUT2D eigenvalue weighted by atomic mass is 16.5. The SMILES string of the molecule is [B]c1ccc(C#N)cc1C(=O)OC. The first-order valence-electron chi connectivity index (χ1n) is 3.57. The standard InChI is InChI=1S/C9H6BNO2/c1-13-9(12)7-4-6(5-11)2-3-8(7)10/h2-4H,1H3. The maximum Gasteiger partial charge on any atom is 0.337 e. The van der Waals surface area contributed by atoms with Crippen molar-refractivity contribution in [3.63, 3.8) is 0 Å². The van der Waals surface area contributed by atoms with E-state index in [4.69, 9.17) is 13.1 Å². The van der Waals surface area contributed by atoms with Crippen molar-refractivity contribution in [2.75, 3.05) is 7.11 Å². The van der Waals surface area contributed by atoms with Gasteiger partial charge in [0.2, 0.25) is 0 Å². The lowest BCUT2D eigenvalue weighted by atomic mass is 9.89. The minimum Gasteiger partial charge on any atom is -0.465 e. The van der Waals surface area contributed by atoms with Gasteiger partial charge >= 0.3 is 5.97 Å². The highest BCUT2D eigenvalue weighted by molar-refractivity contribution is 6.36. The molecule has 0 heterocycles. The van der Waals surface area contributed by atoms with Crippen LogP contribution in [0.1, 0.15) is 15.9 Å². The van der Waals surface area contributed by atoms with Crippen LogP contribution in [-0.4, -0.2) is 20.9 Å². The smallest absolute Gasteiger partial charge is 0.337 e. The summed E-state index contributed by atoms with van der Waals surface area (Å²) in [5.41, 5.74) is 0.919. The minimum atomic E-state index is -0.533. The van der Waals surface area contributed by atoms with Crippen LogP contribution < -0.4 is 5.46 Å². The van der Waals surface area contributed by atoms with Crippen molar-refractivity contribution in [3.8, 4) is 6.07 Å². The molecule has 0 saturated carbocycles. The predicted molar refractivity (Wildman–Crippen MR) is 47.9 cm³/mol. The molecule has 0 N–H and O–H groups in total. The third-order valence-corrected chi connectivity index (χ3v) is 1.59. The second kappa shape index (κ2) is 3.77. The van der Waals surface area contributed by atoms with Crippen LogP contribution in [0.15, 0.2) is 18.2 Å². The van der Waals surface area contributed by atoms with Gasteiger partial charge in [0.25, 0.3) is 0 Å². The minimum absolute atomic E-state index is 0.224. The van der Waals surface area contributed by atoms with Crippen LogP contribution in [0.2, 0.25) is 0 Å². The average molecular weight is 171 g/mol. The lowest BCUT2D eigenvalue weighted by Crippen LogP contribution is -2.17. The van der Waals surface area contributed by atoms with E-state index in [1.165, 1.54) is 19.2 Å². The molecule has 0 fully saturated rings. The Bertz CT molecular complexity index is 382. The van der Waals surface area contributed by atoms with Gasteiger partial charge in [-0.05, 0) is 12.1 Å². The van der Waals surface area contributed by atoms with Gasteiger partial charge in [0.1, 0.15) is 7.85 Å². The third-order valence-electron chi connectivity index (χ3n) is 1.59. The summed E-state index contributed by atoms with van der Waals surface area (Å²) in [4.78, 5) is 11.1. The third kappa shape index (κ3) is 1.88. The molecule has 0 unspecified atom stereocenters. The van der Waals surface area contributed by atoms with Crippen molar-refractivity contribution in [3.05, 3.63) is 29.3 Å². The average Bonchev–Trinajstić information content (AvgIpc) is 2.17. The Labute approximate surface area is 77.3 Å². The molecule has 0 amide bonds. The molecule has 0 aliphatic heterocycles. The van der Waals surface area contributed by atoms with Crippen LogP contribution in [0, 0.1) is 11.3 Å². The Hall–Kier alpha value is -1.76. The van der Waals surface area contributed by atoms with Crippen LogP contribution in [0.3, 0.4) is 0 Å². The summed E-state index contributed by atoms with van der Waals surface area (Å²) in [5, 5.41) is 8.56. The number of hydrogen-bond acceptors (Lipinski definition) is 3. The van der Waals surface area contributed by atoms with E-state index in [1.807, 2.05) is 6.07 Å². The monoisotopic (exact) mass is 171 g/mol. The van der Waals surface area contributed by atoms with Gasteiger partial charge in [0.05, 0.1) is 24.3 Å². The Morgan fingerprint density at radius 1 is 1.62 bits per heavy atom. The van der Waals surface area contributed by atoms with Crippen molar-refractivity contribution in [2.45, 2.75) is 0 Å². The van der Waals surface area contributed by atoms with Crippen molar-refractivity contribution in [1.29, 1.82) is 5.26 Å². The van der Waals surface area contributed by atoms with Gasteiger partial charge in [-0.2, -0.15) is 5.26 Å². The molecule has 1 rings (SSSR count). The van der Waals surface area contributed by atoms with E-state index in [0.29, 0.717) is 11.0 Å². The van der Waals surface area contributed by atoms with Crippen molar-refractivity contribution in [1.82, 2.24) is 0 Å². The molecule has 0 aliphatic rings. The molecule has 13 heavy (non-hydrogen) atoms. The molecule has 1 aromatic rings. The lowest BCUT2D eigenvalue weighted by Gasteiger charge is -2.03. The second-order valence-electron chi connectivity index (χ2n) is 2.41. The summed E-state index contributed by atoms with van der Waals surface area (Å²) >= 11 is 0. The van der Waals surface area contributed by atoms with Crippen LogP contribution in [-0.2, 0) is 4.74 Å². The molecule has 0 saturated heterocycles. The van der Waals surface area contributed by atoms with Crippen molar-refractivity contribution < 1.29 is 9.53 Å². The van der Waals surface area contributed by atoms with Crippen LogP contribution in [0.4, 0.5) is 0 Å². The summed E-state index contributed by atoms with van der Waals surface area (Å²) in [5.74, 6) is -0.533. The van der Waals surface area contributed by atoms with Gasteiger partial charge in [-0.25, -0.2) is 4.79 Å². The van der Waals surface area contributed by atoms with E-state index >= 15 is 0 Å². The molecule has 0 spiro atoms. The van der Waals surface area contributed by atoms with Gasteiger partial charge in [0.15, 0.2) is 0 Å². The first kappa shape index (κ1) is 9.33. The first-order chi connectivity index (χ1) is 6.19. The normalized spacial score (nSPS) is 8.92. The van der Waals surface area contributed by atoms with Gasteiger partial charge in [-0.3, -0.25) is 0 Å². The van der Waals surface area contributed by atoms with Crippen LogP contribution in [0.25, 0.3) is 0 Å². The molecular weight excluding hydrogens is 165 g/mol. The van der Waals surface area contributed by atoms with Crippen LogP contribution in [0.5, 0.6) is 0 Å². The molecule has 4 heteroatoms. The number of carbonyl (C=O) groups is 1. The quantitative estimate of drug-likeness (QED) is 0.446. The number of benzene rings is 1. The van der Waals surface area contributed by atoms with Crippen LogP contribution >= 0.6 is 0 Å². The number of ether oxygens (including phenoxy) is 1. The molecule has 2 radical (unpaired) electrons. The molecule has 0 bridgehead atoms. The highest BCUT2D eigenvalue weighted by Gasteiger charge is 2.08. The fraction of sp³-hybridized carbons (Fsp3) is 0.111. The van der Waals surface area contributed by atoms with Gasteiger partial charge in [-0.15, -0.1) is 0 Å². The number of rotatable bonds is 1. The zero-order valence-electron chi connectivity index (χ0n) is 7.07. The van der Waals surface area contributed by atoms with Crippen molar-refractivity contribution >= 4 is 19.3 Å². The Balaban J connectivity index is 3.20. The summed E-state index contributed by atoms with van der Waals surface area (Å²) in [7, 11) is 6.78. The second-order valence-corrected chi connectivity index (χ2v) is 2.41. The zero-order valence-corrected chi connectivity index (χ0v) is 7.07. The molecule has 0 aromatic heterocycles. The summed E-state index contributed by atoms with van der Waals surface area (Å²) in [6, 6.07) is 6.36. The predicted octanol–water partition coefficient (Wildman–Crippen LogP) is 0.139. The van der Waals surface area contributed by atoms with E-state index < -0.39 is 5.97 Å². The topological polar surface area (TPSA) is 50.1 Å². The first-order valence-corrected chi connectivity index (χ1v) is 3.57. The van der Waals surface area contributed by atoms with Crippen molar-refractivity contribution in [2.24, 2.45) is 0 Å². The van der Waals surface area contributed by atoms with E-state index in [-0.39, 0.29) is 5.56 Å². The van der Waals surface area contributed by atoms with E-state index in [9.17, 15) is 4.79 Å². The van der Waals surface area contributed by atoms with Gasteiger partial charge in [0, 0.05) is 0 Å². The van der Waals surface area contributed by atoms with E-state index in [0.717, 1.165) is 0 Å². The number of carbonyl (C=O) groups excluding carboxylic acids is 1. The van der Waals surface area contributed by atoms with E-state index in [2.05, 4.69) is 4.74 Å². The maximum atomic E-state index is 11.1. The Morgan fingerprint density at radius 3 is 2.85 bits per heavy atom. The van der Waals surface area contributed by atoms with Gasteiger partial charge in [-0.1, -0.05) is 11.5 Å². The molecule has 1 aromatic carbocycles. The summed E-state index contributed by atoms with van der Waals surface area (Å²) in [6.45, 7) is 0. The Kier molecular flexibility index (Phi) is 2.71. The fourth-order valence-corrected chi connectivity index (χ4v) is 0.913. The summed E-state index contributed by atoms with van der Waals surface area (Å²) in [6.07, 6.45) is 0. The lowest BCUT2D eigenvalue weighted by molar-refractivity contribution is 0.0602. The number of esters is 1. The number of hydrogen-bond donors (Lipinski definition) is 0. The fourth-order valence-electron chi connectivity index (χ4n) is 0.913. The highest BCUT2D eigenvalue weighted by Crippen LogP contribution is 2.02. The largest absolute Gasteiger partial charge is 0.465 e. The molecule has 3 nitrogen and oxygen atoms in total.